The predicted molar refractivity (Wildman–Crippen MR) is 79.3 cm³/mol. The smallest absolute Gasteiger partial charge is 0.331 e. The number of carbonyl (C=O) groups excluding carboxylic acids is 2. The molecule has 1 amide bonds. The van der Waals surface area contributed by atoms with E-state index in [-0.39, 0.29) is 18.6 Å². The van der Waals surface area contributed by atoms with Crippen LogP contribution in [-0.2, 0) is 14.3 Å². The highest BCUT2D eigenvalue weighted by atomic mass is 32.1. The zero-order valence-corrected chi connectivity index (χ0v) is 12.2. The van der Waals surface area contributed by atoms with Gasteiger partial charge in [0.15, 0.2) is 6.61 Å². The molecule has 108 valence electrons. The standard InChI is InChI=1S/C15H19NO3S/c17-14(16-13-4-2-1-3-5-13)10-19-15(18)7-6-12-8-9-20-11-12/h6-9,11,13H,1-5,10H2,(H,16,17)/b7-6+. The summed E-state index contributed by atoms with van der Waals surface area (Å²) in [6.07, 6.45) is 8.64. The number of rotatable bonds is 5. The van der Waals surface area contributed by atoms with E-state index in [1.807, 2.05) is 16.8 Å². The van der Waals surface area contributed by atoms with Gasteiger partial charge in [-0.3, -0.25) is 4.79 Å². The number of carbonyl (C=O) groups is 2. The Morgan fingerprint density at radius 3 is 2.85 bits per heavy atom. The molecule has 0 bridgehead atoms. The fourth-order valence-electron chi connectivity index (χ4n) is 2.24. The number of thiophene rings is 1. The third kappa shape index (κ3) is 5.17. The number of hydrogen-bond acceptors (Lipinski definition) is 4. The second-order valence-corrected chi connectivity index (χ2v) is 5.68. The van der Waals surface area contributed by atoms with Crippen LogP contribution in [-0.4, -0.2) is 24.5 Å². The average molecular weight is 293 g/mol. The lowest BCUT2D eigenvalue weighted by molar-refractivity contribution is -0.144. The molecule has 0 aliphatic heterocycles. The predicted octanol–water partition coefficient (Wildman–Crippen LogP) is 2.75. The molecule has 1 N–H and O–H groups in total. The van der Waals surface area contributed by atoms with Gasteiger partial charge in [0.05, 0.1) is 0 Å². The molecule has 2 rings (SSSR count). The fraction of sp³-hybridized carbons (Fsp3) is 0.467. The van der Waals surface area contributed by atoms with Gasteiger partial charge in [0.1, 0.15) is 0 Å². The van der Waals surface area contributed by atoms with Gasteiger partial charge in [-0.2, -0.15) is 11.3 Å². The van der Waals surface area contributed by atoms with Crippen molar-refractivity contribution in [2.24, 2.45) is 0 Å². The third-order valence-corrected chi connectivity index (χ3v) is 3.97. The fourth-order valence-corrected chi connectivity index (χ4v) is 2.86. The SMILES string of the molecule is O=C(COC(=O)/C=C/c1ccsc1)NC1CCCCC1. The molecule has 0 spiro atoms. The van der Waals surface area contributed by atoms with E-state index in [2.05, 4.69) is 5.32 Å². The second kappa shape index (κ2) is 7.85. The van der Waals surface area contributed by atoms with Gasteiger partial charge >= 0.3 is 5.97 Å². The molecule has 0 aromatic carbocycles. The highest BCUT2D eigenvalue weighted by Crippen LogP contribution is 2.17. The molecule has 0 saturated heterocycles. The van der Waals surface area contributed by atoms with Crippen molar-refractivity contribution >= 4 is 29.3 Å². The first-order valence-electron chi connectivity index (χ1n) is 6.90. The molecule has 0 atom stereocenters. The first-order valence-corrected chi connectivity index (χ1v) is 7.85. The van der Waals surface area contributed by atoms with Crippen LogP contribution in [0.4, 0.5) is 0 Å². The van der Waals surface area contributed by atoms with Gasteiger partial charge in [0.2, 0.25) is 0 Å². The van der Waals surface area contributed by atoms with Crippen LogP contribution in [0.25, 0.3) is 6.08 Å². The molecule has 1 aromatic heterocycles. The zero-order valence-electron chi connectivity index (χ0n) is 11.3. The Morgan fingerprint density at radius 1 is 1.35 bits per heavy atom. The lowest BCUT2D eigenvalue weighted by Gasteiger charge is -2.22. The van der Waals surface area contributed by atoms with Crippen molar-refractivity contribution < 1.29 is 14.3 Å². The summed E-state index contributed by atoms with van der Waals surface area (Å²) in [6.45, 7) is -0.205. The van der Waals surface area contributed by atoms with E-state index in [4.69, 9.17) is 4.74 Å². The largest absolute Gasteiger partial charge is 0.452 e. The van der Waals surface area contributed by atoms with Gasteiger partial charge < -0.3 is 10.1 Å². The van der Waals surface area contributed by atoms with Crippen LogP contribution in [0.3, 0.4) is 0 Å². The molecule has 1 saturated carbocycles. The van der Waals surface area contributed by atoms with Gasteiger partial charge in [-0.15, -0.1) is 0 Å². The maximum atomic E-state index is 11.6. The minimum absolute atomic E-state index is 0.205. The van der Waals surface area contributed by atoms with E-state index in [1.165, 1.54) is 12.5 Å². The monoisotopic (exact) mass is 293 g/mol. The lowest BCUT2D eigenvalue weighted by Crippen LogP contribution is -2.38. The van der Waals surface area contributed by atoms with E-state index in [0.29, 0.717) is 0 Å². The number of ether oxygens (including phenoxy) is 1. The van der Waals surface area contributed by atoms with Crippen LogP contribution in [0.2, 0.25) is 0 Å². The minimum atomic E-state index is -0.491. The van der Waals surface area contributed by atoms with Crippen LogP contribution in [0.1, 0.15) is 37.7 Å². The topological polar surface area (TPSA) is 55.4 Å². The summed E-state index contributed by atoms with van der Waals surface area (Å²) in [4.78, 5) is 23.1. The summed E-state index contributed by atoms with van der Waals surface area (Å²) in [5.41, 5.74) is 0.957. The van der Waals surface area contributed by atoms with Crippen LogP contribution < -0.4 is 5.32 Å². The van der Waals surface area contributed by atoms with Crippen molar-refractivity contribution in [3.05, 3.63) is 28.5 Å². The van der Waals surface area contributed by atoms with Crippen LogP contribution in [0.5, 0.6) is 0 Å². The number of amides is 1. The molecule has 1 heterocycles. The van der Waals surface area contributed by atoms with E-state index in [0.717, 1.165) is 31.2 Å². The lowest BCUT2D eigenvalue weighted by atomic mass is 9.95. The van der Waals surface area contributed by atoms with E-state index < -0.39 is 5.97 Å². The molecular formula is C15H19NO3S. The number of nitrogens with one attached hydrogen (secondary N) is 1. The van der Waals surface area contributed by atoms with E-state index in [9.17, 15) is 9.59 Å². The quantitative estimate of drug-likeness (QED) is 0.671. The molecule has 1 aromatic rings. The van der Waals surface area contributed by atoms with Crippen molar-refractivity contribution in [2.75, 3.05) is 6.61 Å². The summed E-state index contributed by atoms with van der Waals surface area (Å²) in [6, 6.07) is 2.15. The maximum absolute atomic E-state index is 11.6. The van der Waals surface area contributed by atoms with Gasteiger partial charge in [-0.25, -0.2) is 4.79 Å². The molecule has 1 aliphatic rings. The average Bonchev–Trinajstić information content (AvgIpc) is 2.97. The Labute approximate surface area is 122 Å². The van der Waals surface area contributed by atoms with E-state index >= 15 is 0 Å². The number of esters is 1. The minimum Gasteiger partial charge on any atom is -0.452 e. The molecule has 4 nitrogen and oxygen atoms in total. The van der Waals surface area contributed by atoms with Gasteiger partial charge in [-0.05, 0) is 41.3 Å². The Balaban J connectivity index is 1.66. The first-order chi connectivity index (χ1) is 9.74. The molecule has 0 radical (unpaired) electrons. The highest BCUT2D eigenvalue weighted by molar-refractivity contribution is 7.08. The van der Waals surface area contributed by atoms with E-state index in [1.54, 1.807) is 17.4 Å². The van der Waals surface area contributed by atoms with Crippen LogP contribution >= 0.6 is 11.3 Å². The summed E-state index contributed by atoms with van der Waals surface area (Å²) in [5.74, 6) is -0.704. The molecular weight excluding hydrogens is 274 g/mol. The van der Waals surface area contributed by atoms with Crippen molar-refractivity contribution in [1.29, 1.82) is 0 Å². The summed E-state index contributed by atoms with van der Waals surface area (Å²) in [5, 5.41) is 6.77. The maximum Gasteiger partial charge on any atom is 0.331 e. The molecule has 1 fully saturated rings. The summed E-state index contributed by atoms with van der Waals surface area (Å²) in [7, 11) is 0. The molecule has 0 unspecified atom stereocenters. The Morgan fingerprint density at radius 2 is 2.15 bits per heavy atom. The number of hydrogen-bond donors (Lipinski definition) is 1. The first kappa shape index (κ1) is 14.8. The highest BCUT2D eigenvalue weighted by Gasteiger charge is 2.16. The molecule has 20 heavy (non-hydrogen) atoms. The van der Waals surface area contributed by atoms with Gasteiger partial charge in [0, 0.05) is 12.1 Å². The second-order valence-electron chi connectivity index (χ2n) is 4.90. The molecule has 5 heteroatoms. The van der Waals surface area contributed by atoms with Crippen molar-refractivity contribution in [3.63, 3.8) is 0 Å². The Hall–Kier alpha value is -1.62. The van der Waals surface area contributed by atoms with Gasteiger partial charge in [0.25, 0.3) is 5.91 Å². The third-order valence-electron chi connectivity index (χ3n) is 3.27. The normalized spacial score (nSPS) is 16.2. The zero-order chi connectivity index (χ0) is 14.2. The van der Waals surface area contributed by atoms with Crippen LogP contribution in [0, 0.1) is 0 Å². The summed E-state index contributed by atoms with van der Waals surface area (Å²) >= 11 is 1.56. The van der Waals surface area contributed by atoms with Crippen molar-refractivity contribution in [3.8, 4) is 0 Å². The van der Waals surface area contributed by atoms with Crippen molar-refractivity contribution in [2.45, 2.75) is 38.1 Å². The Bertz CT molecular complexity index is 461. The van der Waals surface area contributed by atoms with Crippen molar-refractivity contribution in [1.82, 2.24) is 5.32 Å². The Kier molecular flexibility index (Phi) is 5.80. The van der Waals surface area contributed by atoms with Crippen LogP contribution in [0.15, 0.2) is 22.9 Å². The van der Waals surface area contributed by atoms with Gasteiger partial charge in [-0.1, -0.05) is 19.3 Å². The summed E-state index contributed by atoms with van der Waals surface area (Å²) < 4.78 is 4.91. The molecule has 1 aliphatic carbocycles.